The van der Waals surface area contributed by atoms with E-state index in [1.165, 1.54) is 57.3 Å². The Bertz CT molecular complexity index is 406. The van der Waals surface area contributed by atoms with Crippen molar-refractivity contribution in [1.29, 1.82) is 0 Å². The maximum Gasteiger partial charge on any atom is 0.0573 e. The lowest BCUT2D eigenvalue weighted by atomic mass is 9.95. The first-order valence-corrected chi connectivity index (χ1v) is 8.28. The highest BCUT2D eigenvalue weighted by Crippen LogP contribution is 2.28. The monoisotopic (exact) mass is 273 g/mol. The highest BCUT2D eigenvalue weighted by atomic mass is 15.2. The van der Waals surface area contributed by atoms with Crippen LogP contribution in [0.5, 0.6) is 0 Å². The zero-order valence-electron chi connectivity index (χ0n) is 12.6. The fourth-order valence-electron chi connectivity index (χ4n) is 3.85. The van der Waals surface area contributed by atoms with Gasteiger partial charge in [0, 0.05) is 24.3 Å². The van der Waals surface area contributed by atoms with Gasteiger partial charge in [0.05, 0.1) is 5.69 Å². The van der Waals surface area contributed by atoms with Gasteiger partial charge in [-0.3, -0.25) is 4.98 Å². The lowest BCUT2D eigenvalue weighted by Gasteiger charge is -2.37. The molecule has 3 heteroatoms. The lowest BCUT2D eigenvalue weighted by molar-refractivity contribution is 0.159. The van der Waals surface area contributed by atoms with Crippen LogP contribution in [0.4, 0.5) is 0 Å². The molecule has 20 heavy (non-hydrogen) atoms. The van der Waals surface area contributed by atoms with Gasteiger partial charge in [0.2, 0.25) is 0 Å². The maximum atomic E-state index is 4.56. The summed E-state index contributed by atoms with van der Waals surface area (Å²) in [5.41, 5.74) is 1.21. The Kier molecular flexibility index (Phi) is 4.69. The highest BCUT2D eigenvalue weighted by molar-refractivity contribution is 5.09. The van der Waals surface area contributed by atoms with Crippen LogP contribution in [0.1, 0.15) is 57.2 Å². The van der Waals surface area contributed by atoms with Crippen LogP contribution in [0, 0.1) is 0 Å². The summed E-state index contributed by atoms with van der Waals surface area (Å²) in [4.78, 5) is 7.25. The molecule has 1 aromatic heterocycles. The van der Waals surface area contributed by atoms with Crippen LogP contribution in [-0.4, -0.2) is 35.1 Å². The first-order valence-electron chi connectivity index (χ1n) is 8.28. The Balaban J connectivity index is 1.62. The summed E-state index contributed by atoms with van der Waals surface area (Å²) in [5.74, 6) is 0. The zero-order chi connectivity index (χ0) is 13.8. The third kappa shape index (κ3) is 3.21. The molecule has 3 rings (SSSR count). The van der Waals surface area contributed by atoms with Crippen LogP contribution in [0.25, 0.3) is 0 Å². The predicted molar refractivity (Wildman–Crippen MR) is 82.6 cm³/mol. The van der Waals surface area contributed by atoms with E-state index >= 15 is 0 Å². The number of fused-ring (bicyclic) bond motifs is 1. The van der Waals surface area contributed by atoms with Gasteiger partial charge in [0.15, 0.2) is 0 Å². The first kappa shape index (κ1) is 14.0. The average molecular weight is 273 g/mol. The van der Waals surface area contributed by atoms with E-state index in [0.29, 0.717) is 12.1 Å². The van der Waals surface area contributed by atoms with Gasteiger partial charge >= 0.3 is 0 Å². The van der Waals surface area contributed by atoms with E-state index in [2.05, 4.69) is 34.3 Å². The molecule has 1 aromatic rings. The molecule has 0 radical (unpaired) electrons. The Morgan fingerprint density at radius 2 is 2.30 bits per heavy atom. The number of nitrogens with one attached hydrogen (secondary N) is 1. The maximum absolute atomic E-state index is 4.56. The van der Waals surface area contributed by atoms with Gasteiger partial charge in [-0.1, -0.05) is 19.4 Å². The van der Waals surface area contributed by atoms with Gasteiger partial charge in [-0.25, -0.2) is 0 Å². The summed E-state index contributed by atoms with van der Waals surface area (Å²) in [6.45, 7) is 4.87. The number of aromatic nitrogens is 1. The van der Waals surface area contributed by atoms with Crippen LogP contribution in [0.3, 0.4) is 0 Å². The van der Waals surface area contributed by atoms with Crippen molar-refractivity contribution in [3.8, 4) is 0 Å². The van der Waals surface area contributed by atoms with Crippen LogP contribution in [-0.2, 0) is 0 Å². The van der Waals surface area contributed by atoms with Crippen LogP contribution in [0.2, 0.25) is 0 Å². The van der Waals surface area contributed by atoms with Crippen molar-refractivity contribution >= 4 is 0 Å². The van der Waals surface area contributed by atoms with E-state index in [0.717, 1.165) is 6.04 Å². The molecule has 2 saturated heterocycles. The summed E-state index contributed by atoms with van der Waals surface area (Å²) in [5, 5.41) is 3.90. The lowest BCUT2D eigenvalue weighted by Crippen LogP contribution is -2.46. The summed E-state index contributed by atoms with van der Waals surface area (Å²) in [7, 11) is 0. The van der Waals surface area contributed by atoms with Crippen molar-refractivity contribution in [2.45, 2.75) is 63.6 Å². The van der Waals surface area contributed by atoms with Gasteiger partial charge in [-0.15, -0.1) is 0 Å². The van der Waals surface area contributed by atoms with Crippen molar-refractivity contribution in [3.05, 3.63) is 30.1 Å². The van der Waals surface area contributed by atoms with E-state index < -0.39 is 0 Å². The second-order valence-corrected chi connectivity index (χ2v) is 6.32. The molecule has 2 aliphatic heterocycles. The average Bonchev–Trinajstić information content (AvgIpc) is 2.95. The molecule has 110 valence electrons. The Labute approximate surface area is 122 Å². The molecule has 3 heterocycles. The quantitative estimate of drug-likeness (QED) is 0.893. The van der Waals surface area contributed by atoms with Gasteiger partial charge < -0.3 is 10.2 Å². The van der Waals surface area contributed by atoms with E-state index in [4.69, 9.17) is 0 Å². The molecule has 1 N–H and O–H groups in total. The smallest absolute Gasteiger partial charge is 0.0573 e. The summed E-state index contributed by atoms with van der Waals surface area (Å²) in [6, 6.07) is 8.22. The van der Waals surface area contributed by atoms with Gasteiger partial charge in [-0.05, 0) is 57.3 Å². The second-order valence-electron chi connectivity index (χ2n) is 6.32. The van der Waals surface area contributed by atoms with Crippen molar-refractivity contribution < 1.29 is 0 Å². The minimum atomic E-state index is 0.430. The van der Waals surface area contributed by atoms with Crippen molar-refractivity contribution in [1.82, 2.24) is 15.2 Å². The molecule has 3 nitrogen and oxygen atoms in total. The number of nitrogens with zero attached hydrogens (tertiary/aromatic N) is 2. The largest absolute Gasteiger partial charge is 0.306 e. The SMILES string of the molecule is CCC[C@H](N[C@@H]1CCN2CCC[C@@H]2C1)c1ccccn1. The van der Waals surface area contributed by atoms with E-state index in [1.54, 1.807) is 0 Å². The third-order valence-corrected chi connectivity index (χ3v) is 4.88. The molecule has 0 aromatic carbocycles. The number of hydrogen-bond acceptors (Lipinski definition) is 3. The Morgan fingerprint density at radius 1 is 1.35 bits per heavy atom. The molecule has 0 amide bonds. The molecule has 0 unspecified atom stereocenters. The van der Waals surface area contributed by atoms with E-state index in [9.17, 15) is 0 Å². The first-order chi connectivity index (χ1) is 9.86. The van der Waals surface area contributed by atoms with Gasteiger partial charge in [-0.2, -0.15) is 0 Å². The minimum Gasteiger partial charge on any atom is -0.306 e. The number of rotatable bonds is 5. The predicted octanol–water partition coefficient (Wildman–Crippen LogP) is 3.14. The van der Waals surface area contributed by atoms with Crippen LogP contribution in [0.15, 0.2) is 24.4 Å². The van der Waals surface area contributed by atoms with Gasteiger partial charge in [0.25, 0.3) is 0 Å². The standard InChI is InChI=1S/C17H27N3/c1-2-6-17(16-8-3-4-10-18-16)19-14-9-12-20-11-5-7-15(20)13-14/h3-4,8,10,14-15,17,19H,2,5-7,9,11-13H2,1H3/t14-,15-,17+/m1/s1. The molecule has 0 aliphatic carbocycles. The minimum absolute atomic E-state index is 0.430. The number of piperidine rings is 1. The van der Waals surface area contributed by atoms with Crippen molar-refractivity contribution in [2.24, 2.45) is 0 Å². The van der Waals surface area contributed by atoms with Crippen LogP contribution >= 0.6 is 0 Å². The normalized spacial score (nSPS) is 28.2. The molecule has 0 bridgehead atoms. The number of pyridine rings is 1. The molecule has 0 saturated carbocycles. The zero-order valence-corrected chi connectivity index (χ0v) is 12.6. The molecule has 2 fully saturated rings. The summed E-state index contributed by atoms with van der Waals surface area (Å²) >= 11 is 0. The fourth-order valence-corrected chi connectivity index (χ4v) is 3.85. The van der Waals surface area contributed by atoms with E-state index in [-0.39, 0.29) is 0 Å². The summed E-state index contributed by atoms with van der Waals surface area (Å²) in [6.07, 6.45) is 9.73. The fraction of sp³-hybridized carbons (Fsp3) is 0.706. The highest BCUT2D eigenvalue weighted by Gasteiger charge is 2.32. The third-order valence-electron chi connectivity index (χ3n) is 4.88. The Morgan fingerprint density at radius 3 is 3.10 bits per heavy atom. The van der Waals surface area contributed by atoms with Crippen molar-refractivity contribution in [2.75, 3.05) is 13.1 Å². The Hall–Kier alpha value is -0.930. The number of hydrogen-bond donors (Lipinski definition) is 1. The van der Waals surface area contributed by atoms with Crippen molar-refractivity contribution in [3.63, 3.8) is 0 Å². The molecular weight excluding hydrogens is 246 g/mol. The molecule has 2 aliphatic rings. The van der Waals surface area contributed by atoms with Gasteiger partial charge in [0.1, 0.15) is 0 Å². The van der Waals surface area contributed by atoms with Crippen LogP contribution < -0.4 is 5.32 Å². The second kappa shape index (κ2) is 6.68. The molecule has 0 spiro atoms. The molecule has 3 atom stereocenters. The van der Waals surface area contributed by atoms with E-state index in [1.807, 2.05) is 12.3 Å². The topological polar surface area (TPSA) is 28.2 Å². The molecular formula is C17H27N3. The summed E-state index contributed by atoms with van der Waals surface area (Å²) < 4.78 is 0.